The Morgan fingerprint density at radius 3 is 2.24 bits per heavy atom. The lowest BCUT2D eigenvalue weighted by Gasteiger charge is -2.32. The Bertz CT molecular complexity index is 637. The maximum atomic E-state index is 11.2. The molecule has 1 aromatic rings. The van der Waals surface area contributed by atoms with Crippen molar-refractivity contribution in [1.82, 2.24) is 0 Å². The minimum Gasteiger partial charge on any atom is -0.497 e. The zero-order valence-corrected chi connectivity index (χ0v) is 16.0. The highest BCUT2D eigenvalue weighted by molar-refractivity contribution is 6.63. The van der Waals surface area contributed by atoms with Crippen LogP contribution in [-0.2, 0) is 14.1 Å². The summed E-state index contributed by atoms with van der Waals surface area (Å²) >= 11 is 0. The average Bonchev–Trinajstić information content (AvgIpc) is 2.72. The number of benzene rings is 1. The zero-order valence-electron chi connectivity index (χ0n) is 16.0. The van der Waals surface area contributed by atoms with E-state index in [9.17, 15) is 4.79 Å². The topological polar surface area (TPSA) is 74.2 Å². The predicted octanol–water partition coefficient (Wildman–Crippen LogP) is 2.48. The van der Waals surface area contributed by atoms with Gasteiger partial charge in [0, 0.05) is 11.5 Å². The van der Waals surface area contributed by atoms with E-state index in [4.69, 9.17) is 23.9 Å². The second-order valence-electron chi connectivity index (χ2n) is 7.97. The molecule has 0 atom stereocenters. The quantitative estimate of drug-likeness (QED) is 0.795. The Morgan fingerprint density at radius 1 is 1.20 bits per heavy atom. The number of carbonyl (C=O) groups is 1. The molecular formula is C18H27BO6. The van der Waals surface area contributed by atoms with Gasteiger partial charge in [-0.05, 0) is 47.6 Å². The van der Waals surface area contributed by atoms with Gasteiger partial charge in [-0.25, -0.2) is 0 Å². The molecule has 1 aromatic carbocycles. The molecule has 0 radical (unpaired) electrons. The third-order valence-corrected chi connectivity index (χ3v) is 4.89. The molecule has 0 aliphatic carbocycles. The molecule has 1 N–H and O–H groups in total. The van der Waals surface area contributed by atoms with Gasteiger partial charge in [-0.3, -0.25) is 4.79 Å². The highest BCUT2D eigenvalue weighted by Gasteiger charge is 2.52. The van der Waals surface area contributed by atoms with Gasteiger partial charge in [0.25, 0.3) is 0 Å². The first kappa shape index (κ1) is 19.6. The first-order chi connectivity index (χ1) is 11.4. The van der Waals surface area contributed by atoms with Crippen LogP contribution >= 0.6 is 0 Å². The average molecular weight is 350 g/mol. The normalized spacial score (nSPS) is 18.9. The van der Waals surface area contributed by atoms with Crippen molar-refractivity contribution in [2.75, 3.05) is 13.7 Å². The van der Waals surface area contributed by atoms with Crippen molar-refractivity contribution in [2.45, 2.75) is 52.7 Å². The molecule has 7 heteroatoms. The predicted molar refractivity (Wildman–Crippen MR) is 95.6 cm³/mol. The van der Waals surface area contributed by atoms with E-state index in [1.807, 2.05) is 33.8 Å². The minimum atomic E-state index is -0.975. The first-order valence-corrected chi connectivity index (χ1v) is 8.29. The molecular weight excluding hydrogens is 323 g/mol. The molecule has 6 nitrogen and oxygen atoms in total. The van der Waals surface area contributed by atoms with Crippen molar-refractivity contribution >= 4 is 18.6 Å². The fraction of sp³-hybridized carbons (Fsp3) is 0.611. The van der Waals surface area contributed by atoms with Gasteiger partial charge in [0.05, 0.1) is 23.7 Å². The molecule has 0 aromatic heterocycles. The molecule has 0 bridgehead atoms. The van der Waals surface area contributed by atoms with Crippen molar-refractivity contribution in [2.24, 2.45) is 5.41 Å². The van der Waals surface area contributed by atoms with Crippen molar-refractivity contribution < 1.29 is 28.7 Å². The van der Waals surface area contributed by atoms with E-state index >= 15 is 0 Å². The summed E-state index contributed by atoms with van der Waals surface area (Å²) in [5, 5.41) is 9.17. The molecule has 2 rings (SSSR count). The Morgan fingerprint density at radius 2 is 1.76 bits per heavy atom. The highest BCUT2D eigenvalue weighted by Crippen LogP contribution is 2.37. The molecule has 0 amide bonds. The van der Waals surface area contributed by atoms with E-state index in [0.717, 1.165) is 5.46 Å². The molecule has 25 heavy (non-hydrogen) atoms. The Balaban J connectivity index is 2.19. The third-order valence-electron chi connectivity index (χ3n) is 4.89. The number of carboxylic acids is 1. The molecule has 0 unspecified atom stereocenters. The molecule has 1 heterocycles. The van der Waals surface area contributed by atoms with Crippen molar-refractivity contribution in [3.63, 3.8) is 0 Å². The van der Waals surface area contributed by atoms with Crippen LogP contribution in [0.2, 0.25) is 0 Å². The maximum absolute atomic E-state index is 11.2. The number of carboxylic acid groups (broad SMARTS) is 1. The fourth-order valence-corrected chi connectivity index (χ4v) is 2.27. The Labute approximate surface area is 149 Å². The number of hydrogen-bond acceptors (Lipinski definition) is 5. The van der Waals surface area contributed by atoms with E-state index in [1.54, 1.807) is 33.1 Å². The summed E-state index contributed by atoms with van der Waals surface area (Å²) in [6.45, 7) is 11.3. The van der Waals surface area contributed by atoms with Crippen LogP contribution in [0.15, 0.2) is 18.2 Å². The van der Waals surface area contributed by atoms with Gasteiger partial charge in [0.15, 0.2) is 0 Å². The standard InChI is InChI=1S/C18H27BO6/c1-16(2,15(20)21)11-23-12-8-9-13(14(10-12)22-7)19-24-17(3,4)18(5,6)25-19/h8-10H,11H2,1-7H3,(H,20,21). The van der Waals surface area contributed by atoms with Crippen LogP contribution < -0.4 is 14.9 Å². The van der Waals surface area contributed by atoms with Crippen LogP contribution in [0, 0.1) is 5.41 Å². The van der Waals surface area contributed by atoms with Crippen LogP contribution in [0.5, 0.6) is 11.5 Å². The molecule has 0 saturated carbocycles. The van der Waals surface area contributed by atoms with E-state index < -0.39 is 29.7 Å². The van der Waals surface area contributed by atoms with Gasteiger partial charge < -0.3 is 23.9 Å². The van der Waals surface area contributed by atoms with Crippen molar-refractivity contribution in [3.05, 3.63) is 18.2 Å². The molecule has 0 spiro atoms. The lowest BCUT2D eigenvalue weighted by atomic mass is 9.78. The number of aliphatic carboxylic acids is 1. The monoisotopic (exact) mass is 350 g/mol. The van der Waals surface area contributed by atoms with Gasteiger partial charge in [-0.15, -0.1) is 0 Å². The summed E-state index contributed by atoms with van der Waals surface area (Å²) in [6.07, 6.45) is 0. The van der Waals surface area contributed by atoms with Crippen LogP contribution in [0.25, 0.3) is 0 Å². The smallest absolute Gasteiger partial charge is 0.497 e. The van der Waals surface area contributed by atoms with Crippen molar-refractivity contribution in [3.8, 4) is 11.5 Å². The van der Waals surface area contributed by atoms with Gasteiger partial charge in [-0.2, -0.15) is 0 Å². The Kier molecular flexibility index (Phi) is 5.12. The molecule has 138 valence electrons. The van der Waals surface area contributed by atoms with Gasteiger partial charge in [-0.1, -0.05) is 6.07 Å². The SMILES string of the molecule is COc1cc(OCC(C)(C)C(=O)O)ccc1B1OC(C)(C)C(C)(C)O1. The van der Waals surface area contributed by atoms with Crippen LogP contribution in [-0.4, -0.2) is 43.1 Å². The largest absolute Gasteiger partial charge is 0.498 e. The van der Waals surface area contributed by atoms with Gasteiger partial charge in [0.2, 0.25) is 0 Å². The van der Waals surface area contributed by atoms with E-state index in [1.165, 1.54) is 0 Å². The van der Waals surface area contributed by atoms with Crippen LogP contribution in [0.3, 0.4) is 0 Å². The lowest BCUT2D eigenvalue weighted by molar-refractivity contribution is -0.148. The van der Waals surface area contributed by atoms with Gasteiger partial charge in [0.1, 0.15) is 18.1 Å². The van der Waals surface area contributed by atoms with Crippen LogP contribution in [0.1, 0.15) is 41.5 Å². The minimum absolute atomic E-state index is 0.0569. The molecule has 1 aliphatic rings. The second-order valence-corrected chi connectivity index (χ2v) is 7.97. The number of ether oxygens (including phenoxy) is 2. The summed E-state index contributed by atoms with van der Waals surface area (Å²) in [5.41, 5.74) is -1.09. The van der Waals surface area contributed by atoms with Crippen LogP contribution in [0.4, 0.5) is 0 Å². The van der Waals surface area contributed by atoms with E-state index in [0.29, 0.717) is 11.5 Å². The summed E-state index contributed by atoms with van der Waals surface area (Å²) in [4.78, 5) is 11.2. The fourth-order valence-electron chi connectivity index (χ4n) is 2.27. The molecule has 1 aliphatic heterocycles. The lowest BCUT2D eigenvalue weighted by Crippen LogP contribution is -2.41. The number of methoxy groups -OCH3 is 1. The van der Waals surface area contributed by atoms with E-state index in [2.05, 4.69) is 0 Å². The summed E-state index contributed by atoms with van der Waals surface area (Å²) in [5.74, 6) is 0.198. The zero-order chi connectivity index (χ0) is 19.0. The highest BCUT2D eigenvalue weighted by atomic mass is 16.7. The first-order valence-electron chi connectivity index (χ1n) is 8.29. The summed E-state index contributed by atoms with van der Waals surface area (Å²) in [6, 6.07) is 5.31. The molecule has 1 fully saturated rings. The third kappa shape index (κ3) is 3.93. The molecule has 1 saturated heterocycles. The number of hydrogen-bond donors (Lipinski definition) is 1. The van der Waals surface area contributed by atoms with Gasteiger partial charge >= 0.3 is 13.1 Å². The second kappa shape index (κ2) is 6.54. The maximum Gasteiger partial charge on any atom is 0.498 e. The number of rotatable bonds is 6. The summed E-state index contributed by atoms with van der Waals surface area (Å²) in [7, 11) is 1.03. The van der Waals surface area contributed by atoms with Crippen molar-refractivity contribution in [1.29, 1.82) is 0 Å². The van der Waals surface area contributed by atoms with E-state index in [-0.39, 0.29) is 6.61 Å². The summed E-state index contributed by atoms with van der Waals surface area (Å²) < 4.78 is 23.2. The Hall–Kier alpha value is -1.73.